The van der Waals surface area contributed by atoms with Gasteiger partial charge in [0.15, 0.2) is 0 Å². The largest absolute Gasteiger partial charge is 0.394 e. The summed E-state index contributed by atoms with van der Waals surface area (Å²) in [4.78, 5) is 0. The van der Waals surface area contributed by atoms with E-state index in [4.69, 9.17) is 8.85 Å². The lowest BCUT2D eigenvalue weighted by Crippen LogP contribution is -2.39. The van der Waals surface area contributed by atoms with Crippen molar-refractivity contribution >= 4 is 8.56 Å². The van der Waals surface area contributed by atoms with Gasteiger partial charge >= 0.3 is 8.56 Å². The van der Waals surface area contributed by atoms with Gasteiger partial charge in [0.1, 0.15) is 0 Å². The summed E-state index contributed by atoms with van der Waals surface area (Å²) < 4.78 is 11.7. The Bertz CT molecular complexity index is 115. The third kappa shape index (κ3) is 7.50. The lowest BCUT2D eigenvalue weighted by Gasteiger charge is -2.26. The molecule has 0 bridgehead atoms. The van der Waals surface area contributed by atoms with Crippen LogP contribution in [0.25, 0.3) is 0 Å². The molecule has 0 fully saturated rings. The van der Waals surface area contributed by atoms with Crippen molar-refractivity contribution in [2.75, 3.05) is 13.2 Å². The van der Waals surface area contributed by atoms with Crippen molar-refractivity contribution < 1.29 is 8.85 Å². The maximum Gasteiger partial charge on any atom is 0.334 e. The summed E-state index contributed by atoms with van der Waals surface area (Å²) in [5.74, 6) is 0. The Morgan fingerprint density at radius 1 is 0.857 bits per heavy atom. The summed E-state index contributed by atoms with van der Waals surface area (Å²) in [5.41, 5.74) is 0. The first kappa shape index (κ1) is 16.5. The van der Waals surface area contributed by atoms with Gasteiger partial charge in [-0.1, -0.05) is 27.2 Å². The average Bonchev–Trinajstić information content (AvgIpc) is 2.12. The van der Waals surface area contributed by atoms with Crippen molar-refractivity contribution in [2.24, 2.45) is 0 Å². The first-order chi connectivity index (χ1) is 6.18. The van der Waals surface area contributed by atoms with Crippen LogP contribution in [0.4, 0.5) is 0 Å². The maximum atomic E-state index is 5.84. The second kappa shape index (κ2) is 9.64. The minimum atomic E-state index is -1.79. The number of rotatable bonds is 8. The molecule has 3 N–H and O–H groups in total. The molecule has 0 rings (SSSR count). The highest BCUT2D eigenvalue weighted by Gasteiger charge is 2.29. The van der Waals surface area contributed by atoms with Gasteiger partial charge in [-0.2, -0.15) is 0 Å². The van der Waals surface area contributed by atoms with Gasteiger partial charge in [-0.25, -0.2) is 0 Å². The molecule has 0 aliphatic heterocycles. The van der Waals surface area contributed by atoms with Crippen LogP contribution in [0.2, 0.25) is 12.6 Å². The van der Waals surface area contributed by atoms with Crippen molar-refractivity contribution in [3.63, 3.8) is 0 Å². The summed E-state index contributed by atoms with van der Waals surface area (Å²) in [6.07, 6.45) is 3.33. The maximum absolute atomic E-state index is 5.84. The smallest absolute Gasteiger partial charge is 0.334 e. The van der Waals surface area contributed by atoms with E-state index in [2.05, 4.69) is 27.3 Å². The van der Waals surface area contributed by atoms with Crippen molar-refractivity contribution in [3.8, 4) is 0 Å². The third-order valence-electron chi connectivity index (χ3n) is 1.93. The quantitative estimate of drug-likeness (QED) is 0.638. The Hall–Kier alpha value is 0.0969. The molecule has 0 aromatic carbocycles. The van der Waals surface area contributed by atoms with Crippen LogP contribution in [0.3, 0.4) is 0 Å². The highest BCUT2D eigenvalue weighted by molar-refractivity contribution is 6.66. The zero-order valence-electron chi connectivity index (χ0n) is 10.3. The van der Waals surface area contributed by atoms with Crippen LogP contribution in [0.1, 0.15) is 40.0 Å². The molecule has 0 atom stereocenters. The fourth-order valence-corrected chi connectivity index (χ4v) is 3.83. The van der Waals surface area contributed by atoms with Crippen LogP contribution >= 0.6 is 0 Å². The molecular weight excluding hydrogens is 194 g/mol. The predicted molar refractivity (Wildman–Crippen MR) is 64.2 cm³/mol. The van der Waals surface area contributed by atoms with Gasteiger partial charge < -0.3 is 15.0 Å². The monoisotopic (exact) mass is 221 g/mol. The van der Waals surface area contributed by atoms with Crippen LogP contribution < -0.4 is 6.15 Å². The topological polar surface area (TPSA) is 53.5 Å². The van der Waals surface area contributed by atoms with E-state index in [0.717, 1.165) is 38.5 Å². The lowest BCUT2D eigenvalue weighted by molar-refractivity contribution is 0.173. The van der Waals surface area contributed by atoms with E-state index in [1.807, 2.05) is 0 Å². The predicted octanol–water partition coefficient (Wildman–Crippen LogP) is 3.48. The minimum Gasteiger partial charge on any atom is -0.394 e. The molecule has 0 amide bonds. The molecule has 0 saturated heterocycles. The number of hydrogen-bond acceptors (Lipinski definition) is 3. The van der Waals surface area contributed by atoms with Crippen LogP contribution in [0, 0.1) is 0 Å². The lowest BCUT2D eigenvalue weighted by atomic mass is 10.5. The average molecular weight is 221 g/mol. The zero-order valence-corrected chi connectivity index (χ0v) is 11.3. The van der Waals surface area contributed by atoms with Crippen LogP contribution in [-0.2, 0) is 8.85 Å². The SMILES string of the molecule is CCCO[Si](C)(CCC)OCCC.N. The van der Waals surface area contributed by atoms with Crippen LogP contribution in [0.5, 0.6) is 0 Å². The van der Waals surface area contributed by atoms with Gasteiger partial charge in [-0.3, -0.25) is 0 Å². The molecule has 4 heteroatoms. The molecule has 0 aliphatic rings. The first-order valence-electron chi connectivity index (χ1n) is 5.46. The summed E-state index contributed by atoms with van der Waals surface area (Å²) >= 11 is 0. The van der Waals surface area contributed by atoms with Gasteiger partial charge in [0.2, 0.25) is 0 Å². The van der Waals surface area contributed by atoms with Crippen LogP contribution in [-0.4, -0.2) is 21.8 Å². The fraction of sp³-hybridized carbons (Fsp3) is 1.00. The third-order valence-corrected chi connectivity index (χ3v) is 4.96. The van der Waals surface area contributed by atoms with E-state index >= 15 is 0 Å². The van der Waals surface area contributed by atoms with E-state index in [9.17, 15) is 0 Å². The molecule has 14 heavy (non-hydrogen) atoms. The van der Waals surface area contributed by atoms with E-state index < -0.39 is 8.56 Å². The van der Waals surface area contributed by atoms with Crippen molar-refractivity contribution in [2.45, 2.75) is 52.6 Å². The van der Waals surface area contributed by atoms with E-state index in [0.29, 0.717) is 0 Å². The standard InChI is InChI=1S/C10H24O2Si.H3N/c1-5-8-11-13(4,10-7-3)12-9-6-2;/h5-10H2,1-4H3;1H3. The molecule has 0 spiro atoms. The summed E-state index contributed by atoms with van der Waals surface area (Å²) in [5, 5.41) is 0. The van der Waals surface area contributed by atoms with Gasteiger partial charge in [-0.05, 0) is 25.4 Å². The van der Waals surface area contributed by atoms with E-state index in [-0.39, 0.29) is 6.15 Å². The number of hydrogen-bond donors (Lipinski definition) is 1. The van der Waals surface area contributed by atoms with Gasteiger partial charge in [0.25, 0.3) is 0 Å². The van der Waals surface area contributed by atoms with E-state index in [1.165, 1.54) is 0 Å². The first-order valence-corrected chi connectivity index (χ1v) is 7.98. The van der Waals surface area contributed by atoms with Crippen molar-refractivity contribution in [3.05, 3.63) is 0 Å². The molecule has 3 nitrogen and oxygen atoms in total. The second-order valence-electron chi connectivity index (χ2n) is 3.58. The molecule has 0 aromatic heterocycles. The molecular formula is C10H27NO2Si. The fourth-order valence-electron chi connectivity index (χ4n) is 1.28. The molecule has 0 radical (unpaired) electrons. The molecule has 0 heterocycles. The molecule has 0 saturated carbocycles. The zero-order chi connectivity index (χ0) is 10.2. The van der Waals surface area contributed by atoms with Gasteiger partial charge in [-0.15, -0.1) is 0 Å². The highest BCUT2D eigenvalue weighted by Crippen LogP contribution is 2.16. The molecule has 0 unspecified atom stereocenters. The molecule has 0 aliphatic carbocycles. The van der Waals surface area contributed by atoms with Crippen molar-refractivity contribution in [1.82, 2.24) is 6.15 Å². The Morgan fingerprint density at radius 3 is 1.57 bits per heavy atom. The summed E-state index contributed by atoms with van der Waals surface area (Å²) in [7, 11) is -1.79. The normalized spacial score (nSPS) is 11.1. The van der Waals surface area contributed by atoms with Crippen molar-refractivity contribution in [1.29, 1.82) is 0 Å². The molecule has 88 valence electrons. The summed E-state index contributed by atoms with van der Waals surface area (Å²) in [6, 6.07) is 1.12. The van der Waals surface area contributed by atoms with Gasteiger partial charge in [0.05, 0.1) is 0 Å². The summed E-state index contributed by atoms with van der Waals surface area (Å²) in [6.45, 7) is 10.4. The Labute approximate surface area is 90.0 Å². The molecule has 0 aromatic rings. The van der Waals surface area contributed by atoms with Crippen LogP contribution in [0.15, 0.2) is 0 Å². The minimum absolute atomic E-state index is 0. The second-order valence-corrected chi connectivity index (χ2v) is 6.93. The Balaban J connectivity index is 0. The van der Waals surface area contributed by atoms with Gasteiger partial charge in [0, 0.05) is 13.2 Å². The Kier molecular flexibility index (Phi) is 11.4. The Morgan fingerprint density at radius 2 is 1.29 bits per heavy atom. The van der Waals surface area contributed by atoms with E-state index in [1.54, 1.807) is 0 Å². The highest BCUT2D eigenvalue weighted by atomic mass is 28.4.